The van der Waals surface area contributed by atoms with Gasteiger partial charge >= 0.3 is 0 Å². The van der Waals surface area contributed by atoms with Gasteiger partial charge in [0.15, 0.2) is 0 Å². The Kier molecular flexibility index (Phi) is 3.23. The summed E-state index contributed by atoms with van der Waals surface area (Å²) >= 11 is 0. The highest BCUT2D eigenvalue weighted by Gasteiger charge is 2.26. The zero-order valence-electron chi connectivity index (χ0n) is 10.8. The van der Waals surface area contributed by atoms with Gasteiger partial charge in [0.1, 0.15) is 5.82 Å². The molecule has 5 nitrogen and oxygen atoms in total. The summed E-state index contributed by atoms with van der Waals surface area (Å²) in [5.74, 6) is -1.55. The Bertz CT molecular complexity index is 674. The number of hydrogen-bond acceptors (Lipinski definition) is 3. The van der Waals surface area contributed by atoms with Crippen molar-refractivity contribution in [2.75, 3.05) is 26.2 Å². The van der Waals surface area contributed by atoms with Gasteiger partial charge in [0, 0.05) is 43.3 Å². The Morgan fingerprint density at radius 3 is 2.70 bits per heavy atom. The van der Waals surface area contributed by atoms with E-state index < -0.39 is 17.5 Å². The summed E-state index contributed by atoms with van der Waals surface area (Å²) in [5.41, 5.74) is 0.867. The normalized spacial score (nSPS) is 15.6. The molecule has 104 valence electrons. The Balaban J connectivity index is 1.91. The zero-order chi connectivity index (χ0) is 14.1. The lowest BCUT2D eigenvalue weighted by atomic mass is 10.1. The van der Waals surface area contributed by atoms with Gasteiger partial charge in [0.25, 0.3) is 11.7 Å². The van der Waals surface area contributed by atoms with Crippen LogP contribution in [-0.4, -0.2) is 47.8 Å². The first kappa shape index (κ1) is 12.8. The number of halogens is 1. The minimum atomic E-state index is -0.594. The van der Waals surface area contributed by atoms with Crippen LogP contribution in [0.5, 0.6) is 0 Å². The Morgan fingerprint density at radius 2 is 1.95 bits per heavy atom. The summed E-state index contributed by atoms with van der Waals surface area (Å²) in [6, 6.07) is 4.13. The lowest BCUT2D eigenvalue weighted by molar-refractivity contribution is -0.126. The van der Waals surface area contributed by atoms with Gasteiger partial charge in [-0.3, -0.25) is 9.59 Å². The van der Waals surface area contributed by atoms with Crippen LogP contribution in [0.3, 0.4) is 0 Å². The van der Waals surface area contributed by atoms with E-state index in [1.165, 1.54) is 23.2 Å². The number of carbonyl (C=O) groups excluding carboxylic acids is 2. The van der Waals surface area contributed by atoms with Crippen LogP contribution in [0.4, 0.5) is 4.39 Å². The number of Topliss-reactive ketones (excluding diaryl/α,β-unsaturated/α-hetero) is 1. The van der Waals surface area contributed by atoms with Gasteiger partial charge in [-0.05, 0) is 18.2 Å². The predicted octanol–water partition coefficient (Wildman–Crippen LogP) is 0.922. The fourth-order valence-corrected chi connectivity index (χ4v) is 2.41. The van der Waals surface area contributed by atoms with Crippen molar-refractivity contribution >= 4 is 22.6 Å². The Labute approximate surface area is 114 Å². The molecule has 0 bridgehead atoms. The van der Waals surface area contributed by atoms with Crippen LogP contribution >= 0.6 is 0 Å². The van der Waals surface area contributed by atoms with Crippen LogP contribution in [0.25, 0.3) is 10.9 Å². The summed E-state index contributed by atoms with van der Waals surface area (Å²) < 4.78 is 13.3. The molecule has 1 aromatic carbocycles. The van der Waals surface area contributed by atoms with E-state index in [4.69, 9.17) is 0 Å². The van der Waals surface area contributed by atoms with Crippen LogP contribution in [-0.2, 0) is 4.79 Å². The van der Waals surface area contributed by atoms with Crippen molar-refractivity contribution in [2.24, 2.45) is 0 Å². The molecule has 2 N–H and O–H groups in total. The SMILES string of the molecule is O=C(C(=O)N1CCNCC1)c1c[nH]c2ccc(F)cc12. The third kappa shape index (κ3) is 2.18. The van der Waals surface area contributed by atoms with E-state index in [9.17, 15) is 14.0 Å². The Hall–Kier alpha value is -2.21. The number of amides is 1. The maximum atomic E-state index is 13.3. The van der Waals surface area contributed by atoms with Crippen molar-refractivity contribution in [1.29, 1.82) is 0 Å². The molecule has 1 amide bonds. The van der Waals surface area contributed by atoms with Crippen molar-refractivity contribution in [3.63, 3.8) is 0 Å². The second-order valence-corrected chi connectivity index (χ2v) is 4.76. The molecular formula is C14H14FN3O2. The second kappa shape index (κ2) is 5.05. The summed E-state index contributed by atoms with van der Waals surface area (Å²) in [7, 11) is 0. The smallest absolute Gasteiger partial charge is 0.295 e. The molecule has 0 atom stereocenters. The molecule has 2 heterocycles. The predicted molar refractivity (Wildman–Crippen MR) is 72.0 cm³/mol. The maximum Gasteiger partial charge on any atom is 0.295 e. The molecular weight excluding hydrogens is 261 g/mol. The van der Waals surface area contributed by atoms with Gasteiger partial charge in [0.05, 0.1) is 5.56 Å². The average Bonchev–Trinajstić information content (AvgIpc) is 2.89. The van der Waals surface area contributed by atoms with Gasteiger partial charge in [-0.15, -0.1) is 0 Å². The number of aromatic amines is 1. The molecule has 1 aromatic heterocycles. The van der Waals surface area contributed by atoms with Crippen molar-refractivity contribution in [3.05, 3.63) is 35.8 Å². The standard InChI is InChI=1S/C14H14FN3O2/c15-9-1-2-12-10(7-9)11(8-17-12)13(19)14(20)18-5-3-16-4-6-18/h1-2,7-8,16-17H,3-6H2. The van der Waals surface area contributed by atoms with Gasteiger partial charge in [-0.2, -0.15) is 0 Å². The quantitative estimate of drug-likeness (QED) is 0.633. The van der Waals surface area contributed by atoms with Crippen molar-refractivity contribution in [1.82, 2.24) is 15.2 Å². The number of hydrogen-bond donors (Lipinski definition) is 2. The molecule has 1 aliphatic rings. The first-order valence-corrected chi connectivity index (χ1v) is 6.48. The number of ketones is 1. The van der Waals surface area contributed by atoms with Gasteiger partial charge < -0.3 is 15.2 Å². The number of H-pyrrole nitrogens is 1. The molecule has 3 rings (SSSR count). The van der Waals surface area contributed by atoms with Crippen molar-refractivity contribution in [3.8, 4) is 0 Å². The number of nitrogens with one attached hydrogen (secondary N) is 2. The molecule has 2 aromatic rings. The first-order valence-electron chi connectivity index (χ1n) is 6.48. The highest BCUT2D eigenvalue weighted by atomic mass is 19.1. The van der Waals surface area contributed by atoms with Gasteiger partial charge in [-0.25, -0.2) is 4.39 Å². The highest BCUT2D eigenvalue weighted by Crippen LogP contribution is 2.20. The largest absolute Gasteiger partial charge is 0.360 e. The average molecular weight is 275 g/mol. The third-order valence-electron chi connectivity index (χ3n) is 3.49. The zero-order valence-corrected chi connectivity index (χ0v) is 10.8. The minimum Gasteiger partial charge on any atom is -0.360 e. The number of carbonyl (C=O) groups is 2. The number of rotatable bonds is 2. The van der Waals surface area contributed by atoms with Crippen LogP contribution in [0, 0.1) is 5.82 Å². The summed E-state index contributed by atoms with van der Waals surface area (Å²) in [6.07, 6.45) is 1.46. The van der Waals surface area contributed by atoms with Gasteiger partial charge in [0.2, 0.25) is 0 Å². The van der Waals surface area contributed by atoms with Crippen LogP contribution < -0.4 is 5.32 Å². The van der Waals surface area contributed by atoms with Crippen LogP contribution in [0.15, 0.2) is 24.4 Å². The highest BCUT2D eigenvalue weighted by molar-refractivity contribution is 6.44. The molecule has 0 aliphatic carbocycles. The van der Waals surface area contributed by atoms with E-state index in [2.05, 4.69) is 10.3 Å². The fourth-order valence-electron chi connectivity index (χ4n) is 2.41. The maximum absolute atomic E-state index is 13.3. The molecule has 1 fully saturated rings. The molecule has 0 unspecified atom stereocenters. The number of aromatic nitrogens is 1. The molecule has 6 heteroatoms. The molecule has 20 heavy (non-hydrogen) atoms. The second-order valence-electron chi connectivity index (χ2n) is 4.76. The number of piperazine rings is 1. The number of fused-ring (bicyclic) bond motifs is 1. The summed E-state index contributed by atoms with van der Waals surface area (Å²) in [4.78, 5) is 28.9. The Morgan fingerprint density at radius 1 is 1.20 bits per heavy atom. The number of benzene rings is 1. The molecule has 0 radical (unpaired) electrons. The molecule has 0 saturated carbocycles. The summed E-state index contributed by atoms with van der Waals surface area (Å²) in [5, 5.41) is 3.56. The fraction of sp³-hybridized carbons (Fsp3) is 0.286. The molecule has 1 aliphatic heterocycles. The minimum absolute atomic E-state index is 0.225. The van der Waals surface area contributed by atoms with E-state index in [-0.39, 0.29) is 5.56 Å². The molecule has 0 spiro atoms. The topological polar surface area (TPSA) is 65.2 Å². The molecule has 1 saturated heterocycles. The lowest BCUT2D eigenvalue weighted by Crippen LogP contribution is -2.48. The van der Waals surface area contributed by atoms with Crippen LogP contribution in [0.1, 0.15) is 10.4 Å². The van der Waals surface area contributed by atoms with E-state index in [1.807, 2.05) is 0 Å². The van der Waals surface area contributed by atoms with Crippen LogP contribution in [0.2, 0.25) is 0 Å². The van der Waals surface area contributed by atoms with Gasteiger partial charge in [-0.1, -0.05) is 0 Å². The monoisotopic (exact) mass is 275 g/mol. The summed E-state index contributed by atoms with van der Waals surface area (Å²) in [6.45, 7) is 2.39. The van der Waals surface area contributed by atoms with Crippen molar-refractivity contribution < 1.29 is 14.0 Å². The third-order valence-corrected chi connectivity index (χ3v) is 3.49. The van der Waals surface area contributed by atoms with Crippen molar-refractivity contribution in [2.45, 2.75) is 0 Å². The number of nitrogens with zero attached hydrogens (tertiary/aromatic N) is 1. The van der Waals surface area contributed by atoms with E-state index >= 15 is 0 Å². The van der Waals surface area contributed by atoms with E-state index in [0.29, 0.717) is 37.1 Å². The van der Waals surface area contributed by atoms with E-state index in [0.717, 1.165) is 0 Å². The first-order chi connectivity index (χ1) is 9.66. The lowest BCUT2D eigenvalue weighted by Gasteiger charge is -2.26. The van der Waals surface area contributed by atoms with E-state index in [1.54, 1.807) is 6.07 Å².